The summed E-state index contributed by atoms with van der Waals surface area (Å²) in [7, 11) is 1.58. The lowest BCUT2D eigenvalue weighted by Gasteiger charge is -2.07. The van der Waals surface area contributed by atoms with Crippen molar-refractivity contribution in [3.63, 3.8) is 0 Å². The number of methoxy groups -OCH3 is 1. The van der Waals surface area contributed by atoms with Gasteiger partial charge in [0.15, 0.2) is 0 Å². The standard InChI is InChI=1S/C18H20N2O2S/c1-22-18-8-5-13(11-20-18)10-19-17(21)12-23-16-7-6-14-3-2-4-15(14)9-16/h5-9,11H,2-4,10,12H2,1H3,(H,19,21). The van der Waals surface area contributed by atoms with Crippen molar-refractivity contribution in [2.45, 2.75) is 30.7 Å². The van der Waals surface area contributed by atoms with Gasteiger partial charge >= 0.3 is 0 Å². The van der Waals surface area contributed by atoms with Gasteiger partial charge in [-0.05, 0) is 48.1 Å². The van der Waals surface area contributed by atoms with Crippen molar-refractivity contribution >= 4 is 17.7 Å². The zero-order chi connectivity index (χ0) is 16.1. The van der Waals surface area contributed by atoms with Crippen molar-refractivity contribution in [2.75, 3.05) is 12.9 Å². The van der Waals surface area contributed by atoms with Crippen LogP contribution in [0.5, 0.6) is 5.88 Å². The van der Waals surface area contributed by atoms with Gasteiger partial charge in [0.1, 0.15) is 0 Å². The molecule has 0 fully saturated rings. The van der Waals surface area contributed by atoms with Crippen molar-refractivity contribution in [1.82, 2.24) is 10.3 Å². The van der Waals surface area contributed by atoms with Crippen LogP contribution in [0.15, 0.2) is 41.4 Å². The first-order chi connectivity index (χ1) is 11.2. The number of carbonyl (C=O) groups is 1. The number of pyridine rings is 1. The maximum atomic E-state index is 12.0. The number of rotatable bonds is 6. The molecule has 0 aliphatic heterocycles. The zero-order valence-electron chi connectivity index (χ0n) is 13.2. The molecule has 5 heteroatoms. The average molecular weight is 328 g/mol. The molecule has 0 atom stereocenters. The first-order valence-electron chi connectivity index (χ1n) is 7.75. The summed E-state index contributed by atoms with van der Waals surface area (Å²) < 4.78 is 5.01. The fourth-order valence-corrected chi connectivity index (χ4v) is 3.46. The smallest absolute Gasteiger partial charge is 0.230 e. The van der Waals surface area contributed by atoms with Crippen molar-refractivity contribution in [3.05, 3.63) is 53.2 Å². The van der Waals surface area contributed by atoms with E-state index in [2.05, 4.69) is 28.5 Å². The number of nitrogens with zero attached hydrogens (tertiary/aromatic N) is 1. The molecular formula is C18H20N2O2S. The summed E-state index contributed by atoms with van der Waals surface area (Å²) >= 11 is 1.59. The second kappa shape index (κ2) is 7.51. The van der Waals surface area contributed by atoms with Gasteiger partial charge in [-0.15, -0.1) is 11.8 Å². The Labute approximate surface area is 140 Å². The quantitative estimate of drug-likeness (QED) is 0.828. The van der Waals surface area contributed by atoms with E-state index in [1.807, 2.05) is 6.07 Å². The fourth-order valence-electron chi connectivity index (χ4n) is 2.67. The summed E-state index contributed by atoms with van der Waals surface area (Å²) in [5, 5.41) is 2.92. The van der Waals surface area contributed by atoms with Gasteiger partial charge in [0.2, 0.25) is 11.8 Å². The molecule has 23 heavy (non-hydrogen) atoms. The van der Waals surface area contributed by atoms with E-state index in [1.165, 1.54) is 35.3 Å². The highest BCUT2D eigenvalue weighted by molar-refractivity contribution is 8.00. The highest BCUT2D eigenvalue weighted by Gasteiger charge is 2.11. The van der Waals surface area contributed by atoms with Crippen LogP contribution in [0.25, 0.3) is 0 Å². The lowest BCUT2D eigenvalue weighted by atomic mass is 10.1. The third-order valence-corrected chi connectivity index (χ3v) is 4.93. The number of aromatic nitrogens is 1. The predicted molar refractivity (Wildman–Crippen MR) is 91.8 cm³/mol. The number of aryl methyl sites for hydroxylation is 2. The van der Waals surface area contributed by atoms with E-state index < -0.39 is 0 Å². The van der Waals surface area contributed by atoms with Gasteiger partial charge in [-0.25, -0.2) is 4.98 Å². The summed E-state index contributed by atoms with van der Waals surface area (Å²) in [5.41, 5.74) is 3.87. The van der Waals surface area contributed by atoms with Crippen molar-refractivity contribution in [2.24, 2.45) is 0 Å². The number of benzene rings is 1. The normalized spacial score (nSPS) is 12.7. The SMILES string of the molecule is COc1ccc(CNC(=O)CSc2ccc3c(c2)CCC3)cn1. The Morgan fingerprint density at radius 2 is 2.13 bits per heavy atom. The monoisotopic (exact) mass is 328 g/mol. The molecule has 1 aromatic heterocycles. The van der Waals surface area contributed by atoms with Gasteiger partial charge < -0.3 is 10.1 Å². The second-order valence-electron chi connectivity index (χ2n) is 5.56. The van der Waals surface area contributed by atoms with E-state index >= 15 is 0 Å². The maximum Gasteiger partial charge on any atom is 0.230 e. The Balaban J connectivity index is 1.45. The summed E-state index contributed by atoms with van der Waals surface area (Å²) in [4.78, 5) is 17.3. The van der Waals surface area contributed by atoms with E-state index in [0.29, 0.717) is 18.2 Å². The fraction of sp³-hybridized carbons (Fsp3) is 0.333. The largest absolute Gasteiger partial charge is 0.481 e. The van der Waals surface area contributed by atoms with Crippen LogP contribution < -0.4 is 10.1 Å². The molecule has 1 aliphatic rings. The lowest BCUT2D eigenvalue weighted by Crippen LogP contribution is -2.24. The van der Waals surface area contributed by atoms with Gasteiger partial charge in [0.25, 0.3) is 0 Å². The van der Waals surface area contributed by atoms with Gasteiger partial charge in [0.05, 0.1) is 12.9 Å². The van der Waals surface area contributed by atoms with Crippen LogP contribution in [-0.4, -0.2) is 23.8 Å². The zero-order valence-corrected chi connectivity index (χ0v) is 14.0. The van der Waals surface area contributed by atoms with Gasteiger partial charge in [0, 0.05) is 23.7 Å². The average Bonchev–Trinajstić information content (AvgIpc) is 3.06. The van der Waals surface area contributed by atoms with Crippen LogP contribution >= 0.6 is 11.8 Å². The molecule has 0 bridgehead atoms. The Kier molecular flexibility index (Phi) is 5.18. The summed E-state index contributed by atoms with van der Waals surface area (Å²) in [6, 6.07) is 10.2. The summed E-state index contributed by atoms with van der Waals surface area (Å²) in [5.74, 6) is 1.04. The molecular weight excluding hydrogens is 308 g/mol. The number of nitrogens with one attached hydrogen (secondary N) is 1. The van der Waals surface area contributed by atoms with Crippen molar-refractivity contribution < 1.29 is 9.53 Å². The Bertz CT molecular complexity index is 686. The van der Waals surface area contributed by atoms with E-state index in [1.54, 1.807) is 31.1 Å². The molecule has 0 unspecified atom stereocenters. The van der Waals surface area contributed by atoms with Crippen LogP contribution in [0.3, 0.4) is 0 Å². The number of carbonyl (C=O) groups excluding carboxylic acids is 1. The minimum Gasteiger partial charge on any atom is -0.481 e. The van der Waals surface area contributed by atoms with Gasteiger partial charge in [-0.1, -0.05) is 12.1 Å². The van der Waals surface area contributed by atoms with Crippen LogP contribution in [0.2, 0.25) is 0 Å². The Morgan fingerprint density at radius 1 is 1.26 bits per heavy atom. The molecule has 3 rings (SSSR count). The number of ether oxygens (including phenoxy) is 1. The van der Waals surface area contributed by atoms with Crippen molar-refractivity contribution in [1.29, 1.82) is 0 Å². The van der Waals surface area contributed by atoms with Crippen LogP contribution in [-0.2, 0) is 24.2 Å². The van der Waals surface area contributed by atoms with Gasteiger partial charge in [-0.3, -0.25) is 4.79 Å². The maximum absolute atomic E-state index is 12.0. The van der Waals surface area contributed by atoms with Crippen LogP contribution in [0.1, 0.15) is 23.1 Å². The molecule has 0 radical (unpaired) electrons. The first-order valence-corrected chi connectivity index (χ1v) is 8.73. The third kappa shape index (κ3) is 4.26. The number of amides is 1. The number of thioether (sulfide) groups is 1. The topological polar surface area (TPSA) is 51.2 Å². The van der Waals surface area contributed by atoms with Crippen LogP contribution in [0.4, 0.5) is 0 Å². The highest BCUT2D eigenvalue weighted by atomic mass is 32.2. The lowest BCUT2D eigenvalue weighted by molar-refractivity contribution is -0.118. The third-order valence-electron chi connectivity index (χ3n) is 3.94. The predicted octanol–water partition coefficient (Wildman–Crippen LogP) is 2.99. The van der Waals surface area contributed by atoms with Crippen molar-refractivity contribution in [3.8, 4) is 5.88 Å². The second-order valence-corrected chi connectivity index (χ2v) is 6.61. The van der Waals surface area contributed by atoms with Crippen LogP contribution in [0, 0.1) is 0 Å². The molecule has 0 saturated heterocycles. The molecule has 0 spiro atoms. The molecule has 4 nitrogen and oxygen atoms in total. The summed E-state index contributed by atoms with van der Waals surface area (Å²) in [6.07, 6.45) is 5.32. The molecule has 1 N–H and O–H groups in total. The van der Waals surface area contributed by atoms with E-state index in [0.717, 1.165) is 5.56 Å². The minimum atomic E-state index is 0.0336. The van der Waals surface area contributed by atoms with E-state index in [4.69, 9.17) is 4.74 Å². The molecule has 2 aromatic rings. The molecule has 1 aromatic carbocycles. The molecule has 1 amide bonds. The number of hydrogen-bond donors (Lipinski definition) is 1. The highest BCUT2D eigenvalue weighted by Crippen LogP contribution is 2.27. The molecule has 1 heterocycles. The molecule has 1 aliphatic carbocycles. The Morgan fingerprint density at radius 3 is 2.91 bits per heavy atom. The molecule has 0 saturated carbocycles. The molecule has 120 valence electrons. The van der Waals surface area contributed by atoms with E-state index in [-0.39, 0.29) is 5.91 Å². The summed E-state index contributed by atoms with van der Waals surface area (Å²) in [6.45, 7) is 0.487. The first kappa shape index (κ1) is 15.9. The van der Waals surface area contributed by atoms with E-state index in [9.17, 15) is 4.79 Å². The Hall–Kier alpha value is -2.01. The number of hydrogen-bond acceptors (Lipinski definition) is 4. The van der Waals surface area contributed by atoms with Gasteiger partial charge in [-0.2, -0.15) is 0 Å². The number of fused-ring (bicyclic) bond motifs is 1. The minimum absolute atomic E-state index is 0.0336.